The highest BCUT2D eigenvalue weighted by Gasteiger charge is 2.37. The van der Waals surface area contributed by atoms with Crippen LogP contribution in [-0.2, 0) is 14.8 Å². The molecule has 0 bridgehead atoms. The Morgan fingerprint density at radius 2 is 1.88 bits per heavy atom. The maximum atomic E-state index is 13.0. The molecule has 2 rings (SSSR count). The van der Waals surface area contributed by atoms with E-state index in [-0.39, 0.29) is 10.7 Å². The van der Waals surface area contributed by atoms with Gasteiger partial charge in [-0.25, -0.2) is 13.2 Å². The van der Waals surface area contributed by atoms with Gasteiger partial charge in [0.05, 0.1) is 10.6 Å². The van der Waals surface area contributed by atoms with Gasteiger partial charge in [-0.1, -0.05) is 29.8 Å². The number of nitro groups is 1. The van der Waals surface area contributed by atoms with Crippen LogP contribution in [0.4, 0.5) is 11.4 Å². The number of nitro benzene ring substituents is 1. The van der Waals surface area contributed by atoms with E-state index in [0.717, 1.165) is 19.1 Å². The molecule has 0 fully saturated rings. The van der Waals surface area contributed by atoms with Crippen LogP contribution in [0.15, 0.2) is 53.4 Å². The Labute approximate surface area is 148 Å². The molecular formula is C15H13ClN2O6S. The maximum absolute atomic E-state index is 13.0. The van der Waals surface area contributed by atoms with Gasteiger partial charge in [0.2, 0.25) is 0 Å². The first-order valence-electron chi connectivity index (χ1n) is 6.92. The van der Waals surface area contributed by atoms with Crippen molar-refractivity contribution in [2.75, 3.05) is 4.31 Å². The average molecular weight is 385 g/mol. The molecule has 0 spiro atoms. The van der Waals surface area contributed by atoms with Crippen molar-refractivity contribution < 1.29 is 23.2 Å². The van der Waals surface area contributed by atoms with E-state index in [4.69, 9.17) is 11.6 Å². The highest BCUT2D eigenvalue weighted by Crippen LogP contribution is 2.32. The Hall–Kier alpha value is -2.65. The van der Waals surface area contributed by atoms with Crippen LogP contribution in [0.25, 0.3) is 0 Å². The van der Waals surface area contributed by atoms with E-state index in [9.17, 15) is 28.4 Å². The van der Waals surface area contributed by atoms with E-state index in [1.54, 1.807) is 0 Å². The van der Waals surface area contributed by atoms with Gasteiger partial charge in [0, 0.05) is 11.1 Å². The van der Waals surface area contributed by atoms with Crippen LogP contribution in [0.3, 0.4) is 0 Å². The molecule has 0 saturated heterocycles. The van der Waals surface area contributed by atoms with Crippen molar-refractivity contribution in [1.29, 1.82) is 0 Å². The number of halogens is 1. The van der Waals surface area contributed by atoms with Gasteiger partial charge < -0.3 is 5.11 Å². The summed E-state index contributed by atoms with van der Waals surface area (Å²) < 4.78 is 26.7. The predicted molar refractivity (Wildman–Crippen MR) is 91.3 cm³/mol. The standard InChI is InChI=1S/C15H13ClN2O6S/c1-10(15(19)20)17(12-6-4-5-11(16)9-12)25(23,24)14-8-3-2-7-13(14)18(21)22/h2-10H,1H3,(H,19,20). The number of carbonyl (C=O) groups is 1. The van der Waals surface area contributed by atoms with E-state index < -0.39 is 37.5 Å². The summed E-state index contributed by atoms with van der Waals surface area (Å²) in [6.45, 7) is 1.16. The van der Waals surface area contributed by atoms with Crippen molar-refractivity contribution in [2.45, 2.75) is 17.9 Å². The minimum absolute atomic E-state index is 0.0134. The van der Waals surface area contributed by atoms with Crippen LogP contribution in [-0.4, -0.2) is 30.5 Å². The van der Waals surface area contributed by atoms with Gasteiger partial charge in [0.25, 0.3) is 15.7 Å². The zero-order valence-electron chi connectivity index (χ0n) is 12.9. The molecule has 25 heavy (non-hydrogen) atoms. The third-order valence-electron chi connectivity index (χ3n) is 3.37. The van der Waals surface area contributed by atoms with Gasteiger partial charge in [-0.3, -0.25) is 14.4 Å². The van der Waals surface area contributed by atoms with Gasteiger partial charge in [0.1, 0.15) is 6.04 Å². The third-order valence-corrected chi connectivity index (χ3v) is 5.55. The highest BCUT2D eigenvalue weighted by atomic mass is 35.5. The van der Waals surface area contributed by atoms with Crippen molar-refractivity contribution in [3.05, 3.63) is 63.7 Å². The molecule has 0 heterocycles. The summed E-state index contributed by atoms with van der Waals surface area (Å²) in [6.07, 6.45) is 0. The summed E-state index contributed by atoms with van der Waals surface area (Å²) >= 11 is 5.87. The number of nitrogens with zero attached hydrogens (tertiary/aromatic N) is 2. The number of carboxylic acid groups (broad SMARTS) is 1. The summed E-state index contributed by atoms with van der Waals surface area (Å²) in [4.78, 5) is 21.2. The van der Waals surface area contributed by atoms with Gasteiger partial charge >= 0.3 is 5.97 Å². The fourth-order valence-corrected chi connectivity index (χ4v) is 4.17. The number of carboxylic acids is 1. The Morgan fingerprint density at radius 3 is 2.44 bits per heavy atom. The SMILES string of the molecule is CC(C(=O)O)N(c1cccc(Cl)c1)S(=O)(=O)c1ccccc1[N+](=O)[O-]. The highest BCUT2D eigenvalue weighted by molar-refractivity contribution is 7.93. The lowest BCUT2D eigenvalue weighted by Gasteiger charge is -2.28. The van der Waals surface area contributed by atoms with Gasteiger partial charge in [-0.15, -0.1) is 0 Å². The van der Waals surface area contributed by atoms with Crippen LogP contribution >= 0.6 is 11.6 Å². The number of sulfonamides is 1. The first-order chi connectivity index (χ1) is 11.7. The fourth-order valence-electron chi connectivity index (χ4n) is 2.22. The van der Waals surface area contributed by atoms with Gasteiger partial charge in [0.15, 0.2) is 4.90 Å². The molecule has 1 unspecified atom stereocenters. The number of para-hydroxylation sites is 1. The molecule has 1 atom stereocenters. The largest absolute Gasteiger partial charge is 0.480 e. The first kappa shape index (κ1) is 18.7. The second kappa shape index (κ2) is 7.08. The molecule has 0 aliphatic heterocycles. The molecule has 0 aromatic heterocycles. The molecule has 0 saturated carbocycles. The summed E-state index contributed by atoms with van der Waals surface area (Å²) in [7, 11) is -4.54. The van der Waals surface area contributed by atoms with Crippen LogP contribution in [0, 0.1) is 10.1 Å². The number of aliphatic carboxylic acids is 1. The van der Waals surface area contributed by atoms with Crippen molar-refractivity contribution in [2.24, 2.45) is 0 Å². The zero-order valence-corrected chi connectivity index (χ0v) is 14.4. The Bertz CT molecular complexity index is 931. The number of benzene rings is 2. The third kappa shape index (κ3) is 3.72. The molecule has 0 aliphatic rings. The molecule has 1 N–H and O–H groups in total. The van der Waals surface area contributed by atoms with Crippen molar-refractivity contribution in [1.82, 2.24) is 0 Å². The molecule has 10 heteroatoms. The van der Waals surface area contributed by atoms with E-state index >= 15 is 0 Å². The van der Waals surface area contributed by atoms with E-state index in [2.05, 4.69) is 0 Å². The number of anilines is 1. The predicted octanol–water partition coefficient (Wildman–Crippen LogP) is 2.92. The van der Waals surface area contributed by atoms with Crippen LogP contribution in [0.2, 0.25) is 5.02 Å². The van der Waals surface area contributed by atoms with Gasteiger partial charge in [-0.2, -0.15) is 0 Å². The number of rotatable bonds is 6. The summed E-state index contributed by atoms with van der Waals surface area (Å²) in [5.74, 6) is -1.41. The molecule has 2 aromatic rings. The maximum Gasteiger partial charge on any atom is 0.327 e. The van der Waals surface area contributed by atoms with Crippen LogP contribution < -0.4 is 4.31 Å². The zero-order chi connectivity index (χ0) is 18.8. The van der Waals surface area contributed by atoms with Crippen molar-refractivity contribution in [3.8, 4) is 0 Å². The lowest BCUT2D eigenvalue weighted by molar-refractivity contribution is -0.387. The Kier molecular flexibility index (Phi) is 5.29. The average Bonchev–Trinajstić information content (AvgIpc) is 2.54. The molecule has 2 aromatic carbocycles. The molecule has 8 nitrogen and oxygen atoms in total. The second-order valence-electron chi connectivity index (χ2n) is 5.02. The van der Waals surface area contributed by atoms with Crippen LogP contribution in [0.1, 0.15) is 6.92 Å². The minimum atomic E-state index is -4.54. The van der Waals surface area contributed by atoms with E-state index in [1.165, 1.54) is 36.4 Å². The van der Waals surface area contributed by atoms with Gasteiger partial charge in [-0.05, 0) is 31.2 Å². The Morgan fingerprint density at radius 1 is 1.24 bits per heavy atom. The summed E-state index contributed by atoms with van der Waals surface area (Å²) in [6, 6.07) is 8.80. The van der Waals surface area contributed by atoms with Crippen molar-refractivity contribution >= 4 is 39.0 Å². The quantitative estimate of drug-likeness (QED) is 0.604. The molecule has 132 valence electrons. The normalized spacial score (nSPS) is 12.4. The fraction of sp³-hybridized carbons (Fsp3) is 0.133. The smallest absolute Gasteiger partial charge is 0.327 e. The van der Waals surface area contributed by atoms with E-state index in [0.29, 0.717) is 4.31 Å². The van der Waals surface area contributed by atoms with Crippen LogP contribution in [0.5, 0.6) is 0 Å². The summed E-state index contributed by atoms with van der Waals surface area (Å²) in [5.41, 5.74) is -0.660. The van der Waals surface area contributed by atoms with E-state index in [1.807, 2.05) is 0 Å². The first-order valence-corrected chi connectivity index (χ1v) is 8.74. The molecule has 0 aliphatic carbocycles. The second-order valence-corrected chi connectivity index (χ2v) is 7.24. The number of hydrogen-bond donors (Lipinski definition) is 1. The molecule has 0 amide bonds. The minimum Gasteiger partial charge on any atom is -0.480 e. The number of hydrogen-bond acceptors (Lipinski definition) is 5. The Balaban J connectivity index is 2.73. The lowest BCUT2D eigenvalue weighted by Crippen LogP contribution is -2.43. The monoisotopic (exact) mass is 384 g/mol. The lowest BCUT2D eigenvalue weighted by atomic mass is 10.2. The topological polar surface area (TPSA) is 118 Å². The molecule has 0 radical (unpaired) electrons. The summed E-state index contributed by atoms with van der Waals surface area (Å²) in [5, 5.41) is 20.7. The molecular weight excluding hydrogens is 372 g/mol. The van der Waals surface area contributed by atoms with Crippen molar-refractivity contribution in [3.63, 3.8) is 0 Å².